The molecule has 0 bridgehead atoms. The number of nitrogens with one attached hydrogen (secondary N) is 1. The summed E-state index contributed by atoms with van der Waals surface area (Å²) in [6.45, 7) is 6.01. The molecule has 74 valence electrons. The van der Waals surface area contributed by atoms with Gasteiger partial charge in [0.1, 0.15) is 0 Å². The van der Waals surface area contributed by atoms with Crippen molar-refractivity contribution < 1.29 is 8.42 Å². The van der Waals surface area contributed by atoms with Crippen molar-refractivity contribution in [2.45, 2.75) is 39.7 Å². The minimum absolute atomic E-state index is 0.0742. The zero-order valence-corrected chi connectivity index (χ0v) is 9.24. The van der Waals surface area contributed by atoms with E-state index in [-0.39, 0.29) is 6.04 Å². The predicted octanol–water partition coefficient (Wildman–Crippen LogP) is 1.88. The summed E-state index contributed by atoms with van der Waals surface area (Å²) in [5, 5.41) is 0. The minimum Gasteiger partial charge on any atom is -0.199 e. The van der Waals surface area contributed by atoms with Crippen molar-refractivity contribution >= 4 is 19.9 Å². The number of halogens is 1. The fourth-order valence-corrected chi connectivity index (χ4v) is 1.94. The van der Waals surface area contributed by atoms with Crippen molar-refractivity contribution in [3.63, 3.8) is 0 Å². The Morgan fingerprint density at radius 3 is 2.08 bits per heavy atom. The highest BCUT2D eigenvalue weighted by Gasteiger charge is 2.10. The smallest absolute Gasteiger partial charge is 0.199 e. The predicted molar refractivity (Wildman–Crippen MR) is 51.4 cm³/mol. The van der Waals surface area contributed by atoms with Crippen molar-refractivity contribution in [2.75, 3.05) is 0 Å². The van der Waals surface area contributed by atoms with Crippen LogP contribution < -0.4 is 4.72 Å². The maximum absolute atomic E-state index is 10.5. The molecule has 0 rings (SSSR count). The molecule has 0 saturated heterocycles. The van der Waals surface area contributed by atoms with Gasteiger partial charge < -0.3 is 0 Å². The third-order valence-electron chi connectivity index (χ3n) is 1.52. The number of rotatable bonds is 5. The van der Waals surface area contributed by atoms with Gasteiger partial charge in [0.15, 0.2) is 0 Å². The van der Waals surface area contributed by atoms with Crippen LogP contribution >= 0.6 is 10.7 Å². The molecule has 0 aromatic rings. The molecule has 0 spiro atoms. The molecule has 0 heterocycles. The van der Waals surface area contributed by atoms with Crippen molar-refractivity contribution in [1.29, 1.82) is 0 Å². The fraction of sp³-hybridized carbons (Fsp3) is 1.00. The molecule has 12 heavy (non-hydrogen) atoms. The molecule has 0 aliphatic heterocycles. The third-order valence-corrected chi connectivity index (χ3v) is 2.47. The molecule has 0 aromatic heterocycles. The van der Waals surface area contributed by atoms with Gasteiger partial charge in [0.25, 0.3) is 9.24 Å². The molecular formula is C7H16ClNO2S. The van der Waals surface area contributed by atoms with Gasteiger partial charge in [0.05, 0.1) is 0 Å². The summed E-state index contributed by atoms with van der Waals surface area (Å²) in [4.78, 5) is 0. The Morgan fingerprint density at radius 1 is 1.25 bits per heavy atom. The number of hydrogen-bond donors (Lipinski definition) is 1. The van der Waals surface area contributed by atoms with E-state index < -0.39 is 9.24 Å². The molecule has 3 nitrogen and oxygen atoms in total. The lowest BCUT2D eigenvalue weighted by Crippen LogP contribution is -2.29. The number of hydrogen-bond acceptors (Lipinski definition) is 2. The van der Waals surface area contributed by atoms with E-state index in [1.165, 1.54) is 0 Å². The second kappa shape index (κ2) is 5.04. The average Bonchev–Trinajstić information content (AvgIpc) is 1.79. The van der Waals surface area contributed by atoms with Gasteiger partial charge in [-0.15, -0.1) is 0 Å². The third kappa shape index (κ3) is 8.30. The molecule has 1 unspecified atom stereocenters. The highest BCUT2D eigenvalue weighted by Crippen LogP contribution is 2.07. The second-order valence-electron chi connectivity index (χ2n) is 3.43. The Morgan fingerprint density at radius 2 is 1.75 bits per heavy atom. The Bertz CT molecular complexity index is 213. The Balaban J connectivity index is 3.68. The quantitative estimate of drug-likeness (QED) is 0.709. The van der Waals surface area contributed by atoms with E-state index >= 15 is 0 Å². The summed E-state index contributed by atoms with van der Waals surface area (Å²) in [6, 6.07) is -0.0742. The average molecular weight is 214 g/mol. The van der Waals surface area contributed by atoms with Crippen molar-refractivity contribution in [2.24, 2.45) is 5.92 Å². The molecule has 0 saturated carbocycles. The lowest BCUT2D eigenvalue weighted by molar-refractivity contribution is 0.489. The largest absolute Gasteiger partial charge is 0.297 e. The van der Waals surface area contributed by atoms with Gasteiger partial charge in [-0.25, -0.2) is 0 Å². The molecule has 0 fully saturated rings. The highest BCUT2D eigenvalue weighted by molar-refractivity contribution is 8.12. The molecular weight excluding hydrogens is 198 g/mol. The van der Waals surface area contributed by atoms with Gasteiger partial charge in [0, 0.05) is 16.7 Å². The first-order chi connectivity index (χ1) is 5.31. The zero-order chi connectivity index (χ0) is 9.78. The topological polar surface area (TPSA) is 46.2 Å². The van der Waals surface area contributed by atoms with Crippen molar-refractivity contribution in [3.05, 3.63) is 0 Å². The highest BCUT2D eigenvalue weighted by atomic mass is 35.7. The van der Waals surface area contributed by atoms with E-state index in [1.807, 2.05) is 6.92 Å². The van der Waals surface area contributed by atoms with Crippen LogP contribution in [0.3, 0.4) is 0 Å². The summed E-state index contributed by atoms with van der Waals surface area (Å²) in [6.07, 6.45) is 1.82. The summed E-state index contributed by atoms with van der Waals surface area (Å²) in [5.41, 5.74) is 0. The molecule has 1 N–H and O–H groups in total. The first-order valence-electron chi connectivity index (χ1n) is 4.03. The summed E-state index contributed by atoms with van der Waals surface area (Å²) in [7, 11) is 1.46. The first kappa shape index (κ1) is 12.2. The monoisotopic (exact) mass is 213 g/mol. The fourth-order valence-electron chi connectivity index (χ4n) is 0.883. The van der Waals surface area contributed by atoms with Crippen LogP contribution in [0.15, 0.2) is 0 Å². The standard InChI is InChI=1S/C7H16ClNO2S/c1-6(2)4-5-7(3)9-12(8,10)11/h6-7,9H,4-5H2,1-3H3. The Kier molecular flexibility index (Phi) is 5.13. The molecule has 0 aliphatic rings. The SMILES string of the molecule is CC(C)CCC(C)NS(=O)(=O)Cl. The van der Waals surface area contributed by atoms with E-state index in [0.29, 0.717) is 5.92 Å². The van der Waals surface area contributed by atoms with E-state index in [0.717, 1.165) is 12.8 Å². The van der Waals surface area contributed by atoms with E-state index in [9.17, 15) is 8.42 Å². The lowest BCUT2D eigenvalue weighted by atomic mass is 10.1. The minimum atomic E-state index is -3.55. The van der Waals surface area contributed by atoms with Gasteiger partial charge in [0.2, 0.25) is 0 Å². The maximum Gasteiger partial charge on any atom is 0.297 e. The normalized spacial score (nSPS) is 15.1. The lowest BCUT2D eigenvalue weighted by Gasteiger charge is -2.11. The summed E-state index contributed by atoms with van der Waals surface area (Å²) < 4.78 is 23.4. The van der Waals surface area contributed by atoms with Crippen LogP contribution in [0.2, 0.25) is 0 Å². The molecule has 1 atom stereocenters. The maximum atomic E-state index is 10.5. The van der Waals surface area contributed by atoms with Gasteiger partial charge in [-0.3, -0.25) is 0 Å². The second-order valence-corrected chi connectivity index (χ2v) is 5.76. The summed E-state index contributed by atoms with van der Waals surface area (Å²) in [5.74, 6) is 0.590. The van der Waals surface area contributed by atoms with Crippen molar-refractivity contribution in [3.8, 4) is 0 Å². The Labute approximate surface area is 79.0 Å². The molecule has 0 aromatic carbocycles. The molecule has 0 amide bonds. The molecule has 5 heteroatoms. The molecule has 0 radical (unpaired) electrons. The van der Waals surface area contributed by atoms with Crippen molar-refractivity contribution in [1.82, 2.24) is 4.72 Å². The zero-order valence-electron chi connectivity index (χ0n) is 7.67. The van der Waals surface area contributed by atoms with Crippen LogP contribution in [-0.2, 0) is 9.24 Å². The van der Waals surface area contributed by atoms with Gasteiger partial charge in [-0.2, -0.15) is 13.1 Å². The molecule has 0 aliphatic carbocycles. The Hall–Kier alpha value is 0.200. The van der Waals surface area contributed by atoms with Crippen LogP contribution in [0.1, 0.15) is 33.6 Å². The van der Waals surface area contributed by atoms with Crippen LogP contribution in [0.25, 0.3) is 0 Å². The van der Waals surface area contributed by atoms with Crippen LogP contribution in [-0.4, -0.2) is 14.5 Å². The van der Waals surface area contributed by atoms with Crippen LogP contribution in [0.5, 0.6) is 0 Å². The van der Waals surface area contributed by atoms with E-state index in [2.05, 4.69) is 18.6 Å². The first-order valence-corrected chi connectivity index (χ1v) is 6.34. The van der Waals surface area contributed by atoms with Crippen LogP contribution in [0, 0.1) is 5.92 Å². The van der Waals surface area contributed by atoms with Gasteiger partial charge in [-0.1, -0.05) is 13.8 Å². The van der Waals surface area contributed by atoms with E-state index in [4.69, 9.17) is 10.7 Å². The van der Waals surface area contributed by atoms with Gasteiger partial charge >= 0.3 is 0 Å². The van der Waals surface area contributed by atoms with E-state index in [1.54, 1.807) is 0 Å². The van der Waals surface area contributed by atoms with Gasteiger partial charge in [-0.05, 0) is 25.7 Å². The summed E-state index contributed by atoms with van der Waals surface area (Å²) >= 11 is 0. The van der Waals surface area contributed by atoms with Crippen LogP contribution in [0.4, 0.5) is 0 Å².